The summed E-state index contributed by atoms with van der Waals surface area (Å²) < 4.78 is 9.91. The number of rotatable bonds is 6. The van der Waals surface area contributed by atoms with Gasteiger partial charge in [-0.2, -0.15) is 0 Å². The summed E-state index contributed by atoms with van der Waals surface area (Å²) >= 11 is 0. The molecule has 0 spiro atoms. The molecule has 0 fully saturated rings. The lowest BCUT2D eigenvalue weighted by Crippen LogP contribution is -2.33. The van der Waals surface area contributed by atoms with Crippen LogP contribution in [-0.4, -0.2) is 25.7 Å². The van der Waals surface area contributed by atoms with Crippen LogP contribution >= 0.6 is 0 Å². The highest BCUT2D eigenvalue weighted by atomic mass is 16.5. The van der Waals surface area contributed by atoms with Crippen LogP contribution in [0, 0.1) is 0 Å². The molecule has 0 unspecified atom stereocenters. The van der Waals surface area contributed by atoms with E-state index < -0.39 is 11.9 Å². The van der Waals surface area contributed by atoms with Crippen LogP contribution < -0.4 is 5.32 Å². The molecule has 2 aromatic rings. The first-order valence-corrected chi connectivity index (χ1v) is 11.1. The van der Waals surface area contributed by atoms with E-state index in [2.05, 4.69) is 51.2 Å². The minimum absolute atomic E-state index is 0.0791. The lowest BCUT2D eigenvalue weighted by atomic mass is 9.63. The van der Waals surface area contributed by atoms with Gasteiger partial charge in [0.15, 0.2) is 0 Å². The van der Waals surface area contributed by atoms with Gasteiger partial charge in [0, 0.05) is 11.8 Å². The lowest BCUT2D eigenvalue weighted by molar-refractivity contribution is -0.137. The maximum Gasteiger partial charge on any atom is 0.337 e. The summed E-state index contributed by atoms with van der Waals surface area (Å²) in [7, 11) is 1.35. The highest BCUT2D eigenvalue weighted by Gasteiger charge is 2.37. The van der Waals surface area contributed by atoms with Crippen LogP contribution in [0.3, 0.4) is 0 Å². The summed E-state index contributed by atoms with van der Waals surface area (Å²) in [5.41, 5.74) is 5.64. The van der Waals surface area contributed by atoms with Crippen molar-refractivity contribution >= 4 is 23.3 Å². The minimum atomic E-state index is -0.425. The summed E-state index contributed by atoms with van der Waals surface area (Å²) in [5.74, 6) is -0.827. The van der Waals surface area contributed by atoms with Crippen LogP contribution in [0.1, 0.15) is 74.5 Å². The Labute approximate surface area is 190 Å². The zero-order valence-electron chi connectivity index (χ0n) is 19.9. The van der Waals surface area contributed by atoms with Gasteiger partial charge >= 0.3 is 11.9 Å². The first kappa shape index (κ1) is 23.6. The number of hydrogen-bond acceptors (Lipinski definition) is 5. The maximum absolute atomic E-state index is 12.2. The molecule has 0 saturated carbocycles. The highest BCUT2D eigenvalue weighted by molar-refractivity contribution is 5.95. The summed E-state index contributed by atoms with van der Waals surface area (Å²) in [6.45, 7) is 11.2. The van der Waals surface area contributed by atoms with Crippen LogP contribution in [0.25, 0.3) is 5.70 Å². The SMILES string of the molecule is CCOC(=O)/C=C(/Nc1ccc2c(c1)C(C)(C)CCC2(C)C)c1ccc(C(=O)OC)cc1. The number of fused-ring (bicyclic) bond motifs is 1. The number of benzene rings is 2. The van der Waals surface area contributed by atoms with Crippen LogP contribution in [0.2, 0.25) is 0 Å². The van der Waals surface area contributed by atoms with Gasteiger partial charge in [-0.3, -0.25) is 0 Å². The first-order valence-electron chi connectivity index (χ1n) is 11.1. The number of anilines is 1. The van der Waals surface area contributed by atoms with Gasteiger partial charge in [0.2, 0.25) is 0 Å². The Hall–Kier alpha value is -3.08. The second-order valence-electron chi connectivity index (χ2n) is 9.53. The second kappa shape index (κ2) is 9.19. The molecule has 170 valence electrons. The number of ether oxygens (including phenoxy) is 2. The quantitative estimate of drug-likeness (QED) is 0.456. The number of methoxy groups -OCH3 is 1. The molecule has 0 aliphatic heterocycles. The van der Waals surface area contributed by atoms with E-state index in [0.29, 0.717) is 17.9 Å². The average molecular weight is 436 g/mol. The van der Waals surface area contributed by atoms with Crippen molar-refractivity contribution in [2.75, 3.05) is 19.0 Å². The van der Waals surface area contributed by atoms with Crippen LogP contribution in [-0.2, 0) is 25.1 Å². The zero-order valence-corrected chi connectivity index (χ0v) is 19.9. The lowest BCUT2D eigenvalue weighted by Gasteiger charge is -2.42. The molecule has 1 N–H and O–H groups in total. The predicted molar refractivity (Wildman–Crippen MR) is 128 cm³/mol. The Morgan fingerprint density at radius 3 is 2.12 bits per heavy atom. The van der Waals surface area contributed by atoms with E-state index in [1.165, 1.54) is 24.3 Å². The minimum Gasteiger partial charge on any atom is -0.465 e. The van der Waals surface area contributed by atoms with E-state index in [1.807, 2.05) is 0 Å². The van der Waals surface area contributed by atoms with Crippen molar-refractivity contribution in [2.24, 2.45) is 0 Å². The summed E-state index contributed by atoms with van der Waals surface area (Å²) in [6.07, 6.45) is 3.72. The number of esters is 2. The standard InChI is InChI=1S/C27H33NO4/c1-7-32-24(29)17-23(18-8-10-19(11-9-18)25(30)31-6)28-20-12-13-21-22(16-20)27(4,5)15-14-26(21,2)3/h8-13,16-17,28H,7,14-15H2,1-6H3/b23-17+. The van der Waals surface area contributed by atoms with E-state index in [-0.39, 0.29) is 10.8 Å². The normalized spacial score (nSPS) is 16.6. The average Bonchev–Trinajstić information content (AvgIpc) is 2.76. The summed E-state index contributed by atoms with van der Waals surface area (Å²) in [5, 5.41) is 3.41. The van der Waals surface area contributed by atoms with Gasteiger partial charge in [0.05, 0.1) is 25.0 Å². The van der Waals surface area contributed by atoms with Crippen LogP contribution in [0.15, 0.2) is 48.5 Å². The van der Waals surface area contributed by atoms with Gasteiger partial charge < -0.3 is 14.8 Å². The molecule has 5 heteroatoms. The molecular weight excluding hydrogens is 402 g/mol. The third-order valence-corrected chi connectivity index (χ3v) is 6.30. The molecule has 0 saturated heterocycles. The Morgan fingerprint density at radius 1 is 0.938 bits per heavy atom. The molecular formula is C27H33NO4. The molecule has 1 aliphatic carbocycles. The second-order valence-corrected chi connectivity index (χ2v) is 9.53. The first-order chi connectivity index (χ1) is 15.1. The Bertz CT molecular complexity index is 1030. The molecule has 0 radical (unpaired) electrons. The van der Waals surface area contributed by atoms with Gasteiger partial charge in [-0.1, -0.05) is 45.9 Å². The molecule has 0 heterocycles. The maximum atomic E-state index is 12.2. The molecule has 0 bridgehead atoms. The number of carbonyl (C=O) groups excluding carboxylic acids is 2. The molecule has 0 aromatic heterocycles. The van der Waals surface area contributed by atoms with Crippen molar-refractivity contribution in [1.82, 2.24) is 0 Å². The van der Waals surface area contributed by atoms with E-state index in [9.17, 15) is 9.59 Å². The molecule has 5 nitrogen and oxygen atoms in total. The van der Waals surface area contributed by atoms with Crippen LogP contribution in [0.5, 0.6) is 0 Å². The van der Waals surface area contributed by atoms with E-state index >= 15 is 0 Å². The van der Waals surface area contributed by atoms with E-state index in [1.54, 1.807) is 31.2 Å². The van der Waals surface area contributed by atoms with Gasteiger partial charge in [0.25, 0.3) is 0 Å². The van der Waals surface area contributed by atoms with Gasteiger partial charge in [-0.05, 0) is 71.6 Å². The molecule has 2 aromatic carbocycles. The van der Waals surface area contributed by atoms with Gasteiger partial charge in [-0.15, -0.1) is 0 Å². The molecule has 32 heavy (non-hydrogen) atoms. The van der Waals surface area contributed by atoms with Gasteiger partial charge in [-0.25, -0.2) is 9.59 Å². The van der Waals surface area contributed by atoms with Crippen molar-refractivity contribution in [3.8, 4) is 0 Å². The van der Waals surface area contributed by atoms with E-state index in [0.717, 1.165) is 24.1 Å². The Kier molecular flexibility index (Phi) is 6.77. The van der Waals surface area contributed by atoms with Crippen molar-refractivity contribution < 1.29 is 19.1 Å². The fraction of sp³-hybridized carbons (Fsp3) is 0.407. The molecule has 0 amide bonds. The van der Waals surface area contributed by atoms with E-state index in [4.69, 9.17) is 9.47 Å². The number of carbonyl (C=O) groups is 2. The Balaban J connectivity index is 1.99. The van der Waals surface area contributed by atoms with Crippen molar-refractivity contribution in [3.05, 3.63) is 70.8 Å². The molecule has 0 atom stereocenters. The van der Waals surface area contributed by atoms with Crippen molar-refractivity contribution in [2.45, 2.75) is 58.3 Å². The number of nitrogens with one attached hydrogen (secondary N) is 1. The van der Waals surface area contributed by atoms with Gasteiger partial charge in [0.1, 0.15) is 0 Å². The predicted octanol–water partition coefficient (Wildman–Crippen LogP) is 5.84. The number of hydrogen-bond donors (Lipinski definition) is 1. The summed E-state index contributed by atoms with van der Waals surface area (Å²) in [6, 6.07) is 13.4. The third kappa shape index (κ3) is 5.04. The van der Waals surface area contributed by atoms with Crippen LogP contribution in [0.4, 0.5) is 5.69 Å². The topological polar surface area (TPSA) is 64.6 Å². The third-order valence-electron chi connectivity index (χ3n) is 6.30. The molecule has 1 aliphatic rings. The highest BCUT2D eigenvalue weighted by Crippen LogP contribution is 2.46. The zero-order chi connectivity index (χ0) is 23.5. The monoisotopic (exact) mass is 435 g/mol. The molecule has 3 rings (SSSR count). The largest absolute Gasteiger partial charge is 0.465 e. The Morgan fingerprint density at radius 2 is 1.53 bits per heavy atom. The fourth-order valence-electron chi connectivity index (χ4n) is 4.22. The van der Waals surface area contributed by atoms with Crippen molar-refractivity contribution in [3.63, 3.8) is 0 Å². The summed E-state index contributed by atoms with van der Waals surface area (Å²) in [4.78, 5) is 24.0. The smallest absolute Gasteiger partial charge is 0.337 e. The van der Waals surface area contributed by atoms with Crippen molar-refractivity contribution in [1.29, 1.82) is 0 Å². The fourth-order valence-corrected chi connectivity index (χ4v) is 4.22.